The highest BCUT2D eigenvalue weighted by atomic mass is 19.3. The third kappa shape index (κ3) is 2.06. The SMILES string of the molecule is CCN1CCN2CC(F)(F)CCC2C1. The van der Waals surface area contributed by atoms with Crippen LogP contribution in [0.4, 0.5) is 8.78 Å². The summed E-state index contributed by atoms with van der Waals surface area (Å²) in [5.41, 5.74) is 0. The Bertz CT molecular complexity index is 208. The predicted octanol–water partition coefficient (Wildman–Crippen LogP) is 1.42. The molecule has 1 unspecified atom stereocenters. The van der Waals surface area contributed by atoms with Gasteiger partial charge in [-0.3, -0.25) is 4.90 Å². The number of hydrogen-bond donors (Lipinski definition) is 0. The van der Waals surface area contributed by atoms with Gasteiger partial charge in [-0.15, -0.1) is 0 Å². The standard InChI is InChI=1S/C10H18F2N2/c1-2-13-5-6-14-8-10(11,12)4-3-9(14)7-13/h9H,2-8H2,1H3. The Morgan fingerprint density at radius 1 is 1.36 bits per heavy atom. The first-order valence-electron chi connectivity index (χ1n) is 5.45. The largest absolute Gasteiger partial charge is 0.301 e. The number of nitrogens with zero attached hydrogens (tertiary/aromatic N) is 2. The van der Waals surface area contributed by atoms with Crippen LogP contribution in [0, 0.1) is 0 Å². The van der Waals surface area contributed by atoms with Gasteiger partial charge in [0.2, 0.25) is 0 Å². The van der Waals surface area contributed by atoms with Gasteiger partial charge in [0.15, 0.2) is 0 Å². The van der Waals surface area contributed by atoms with Crippen LogP contribution < -0.4 is 0 Å². The summed E-state index contributed by atoms with van der Waals surface area (Å²) in [7, 11) is 0. The number of alkyl halides is 2. The average molecular weight is 204 g/mol. The van der Waals surface area contributed by atoms with Crippen LogP contribution in [-0.2, 0) is 0 Å². The molecule has 2 aliphatic heterocycles. The number of likely N-dealkylation sites (N-methyl/N-ethyl adjacent to an activating group) is 1. The Labute approximate surface area is 83.9 Å². The molecule has 0 N–H and O–H groups in total. The molecule has 2 saturated heterocycles. The maximum absolute atomic E-state index is 13.1. The Hall–Kier alpha value is -0.220. The lowest BCUT2D eigenvalue weighted by Gasteiger charge is -2.45. The van der Waals surface area contributed by atoms with Crippen molar-refractivity contribution in [3.63, 3.8) is 0 Å². The topological polar surface area (TPSA) is 6.48 Å². The highest BCUT2D eigenvalue weighted by Gasteiger charge is 2.41. The maximum Gasteiger partial charge on any atom is 0.260 e. The fourth-order valence-electron chi connectivity index (χ4n) is 2.48. The number of hydrogen-bond acceptors (Lipinski definition) is 2. The molecule has 0 aromatic heterocycles. The van der Waals surface area contributed by atoms with Crippen molar-refractivity contribution in [3.8, 4) is 0 Å². The molecule has 82 valence electrons. The van der Waals surface area contributed by atoms with Crippen molar-refractivity contribution >= 4 is 0 Å². The number of piperidine rings is 1. The molecular weight excluding hydrogens is 186 g/mol. The molecule has 0 aromatic rings. The number of fused-ring (bicyclic) bond motifs is 1. The first-order chi connectivity index (χ1) is 6.61. The summed E-state index contributed by atoms with van der Waals surface area (Å²) in [6.07, 6.45) is 0.731. The van der Waals surface area contributed by atoms with Gasteiger partial charge in [0.25, 0.3) is 5.92 Å². The molecule has 2 nitrogen and oxygen atoms in total. The molecule has 0 radical (unpaired) electrons. The normalized spacial score (nSPS) is 34.1. The van der Waals surface area contributed by atoms with E-state index in [1.807, 2.05) is 4.90 Å². The second-order valence-corrected chi connectivity index (χ2v) is 4.41. The first kappa shape index (κ1) is 10.3. The van der Waals surface area contributed by atoms with E-state index < -0.39 is 5.92 Å². The molecule has 0 aromatic carbocycles. The lowest BCUT2D eigenvalue weighted by atomic mass is 9.97. The zero-order chi connectivity index (χ0) is 10.2. The zero-order valence-electron chi connectivity index (χ0n) is 8.68. The van der Waals surface area contributed by atoms with Crippen LogP contribution in [0.3, 0.4) is 0 Å². The van der Waals surface area contributed by atoms with E-state index >= 15 is 0 Å². The van der Waals surface area contributed by atoms with E-state index in [0.717, 1.165) is 26.2 Å². The van der Waals surface area contributed by atoms with Crippen molar-refractivity contribution < 1.29 is 8.78 Å². The van der Waals surface area contributed by atoms with Crippen molar-refractivity contribution in [2.75, 3.05) is 32.7 Å². The number of piperazine rings is 1. The first-order valence-corrected chi connectivity index (χ1v) is 5.45. The van der Waals surface area contributed by atoms with Gasteiger partial charge in [0.05, 0.1) is 6.54 Å². The molecule has 0 aliphatic carbocycles. The molecule has 0 bridgehead atoms. The van der Waals surface area contributed by atoms with E-state index in [9.17, 15) is 8.78 Å². The molecule has 0 spiro atoms. The highest BCUT2D eigenvalue weighted by Crippen LogP contribution is 2.31. The van der Waals surface area contributed by atoms with E-state index in [4.69, 9.17) is 0 Å². The lowest BCUT2D eigenvalue weighted by Crippen LogP contribution is -2.58. The summed E-state index contributed by atoms with van der Waals surface area (Å²) in [6.45, 7) is 5.90. The Morgan fingerprint density at radius 3 is 2.86 bits per heavy atom. The molecule has 2 heterocycles. The quantitative estimate of drug-likeness (QED) is 0.637. The number of halogens is 2. The summed E-state index contributed by atoms with van der Waals surface area (Å²) in [5.74, 6) is -2.44. The minimum atomic E-state index is -2.44. The fraction of sp³-hybridized carbons (Fsp3) is 1.00. The molecule has 1 atom stereocenters. The Morgan fingerprint density at radius 2 is 2.14 bits per heavy atom. The van der Waals surface area contributed by atoms with E-state index in [0.29, 0.717) is 12.5 Å². The second kappa shape index (κ2) is 3.74. The van der Waals surface area contributed by atoms with Gasteiger partial charge in [-0.25, -0.2) is 8.78 Å². The van der Waals surface area contributed by atoms with Crippen molar-refractivity contribution in [2.24, 2.45) is 0 Å². The van der Waals surface area contributed by atoms with E-state index in [2.05, 4.69) is 11.8 Å². The van der Waals surface area contributed by atoms with Gasteiger partial charge in [-0.05, 0) is 13.0 Å². The summed E-state index contributed by atoms with van der Waals surface area (Å²) in [6, 6.07) is 0.378. The van der Waals surface area contributed by atoms with Crippen LogP contribution >= 0.6 is 0 Å². The van der Waals surface area contributed by atoms with E-state index in [-0.39, 0.29) is 13.0 Å². The van der Waals surface area contributed by atoms with Gasteiger partial charge >= 0.3 is 0 Å². The Balaban J connectivity index is 1.94. The summed E-state index contributed by atoms with van der Waals surface area (Å²) in [5, 5.41) is 0. The van der Waals surface area contributed by atoms with Gasteiger partial charge in [-0.1, -0.05) is 6.92 Å². The average Bonchev–Trinajstić information content (AvgIpc) is 2.16. The fourth-order valence-corrected chi connectivity index (χ4v) is 2.48. The van der Waals surface area contributed by atoms with E-state index in [1.165, 1.54) is 0 Å². The minimum absolute atomic E-state index is 0.0186. The third-order valence-electron chi connectivity index (χ3n) is 3.41. The van der Waals surface area contributed by atoms with Crippen LogP contribution in [0.5, 0.6) is 0 Å². The van der Waals surface area contributed by atoms with Gasteiger partial charge in [0, 0.05) is 32.1 Å². The van der Waals surface area contributed by atoms with Crippen LogP contribution in [0.1, 0.15) is 19.8 Å². The van der Waals surface area contributed by atoms with Crippen LogP contribution in [-0.4, -0.2) is 54.5 Å². The van der Waals surface area contributed by atoms with Crippen LogP contribution in [0.15, 0.2) is 0 Å². The smallest absolute Gasteiger partial charge is 0.260 e. The van der Waals surface area contributed by atoms with Crippen molar-refractivity contribution in [1.82, 2.24) is 9.80 Å². The lowest BCUT2D eigenvalue weighted by molar-refractivity contribution is -0.0987. The number of rotatable bonds is 1. The summed E-state index contributed by atoms with van der Waals surface area (Å²) >= 11 is 0. The second-order valence-electron chi connectivity index (χ2n) is 4.41. The van der Waals surface area contributed by atoms with Crippen LogP contribution in [0.2, 0.25) is 0 Å². The minimum Gasteiger partial charge on any atom is -0.301 e. The van der Waals surface area contributed by atoms with Crippen molar-refractivity contribution in [2.45, 2.75) is 31.7 Å². The molecular formula is C10H18F2N2. The van der Waals surface area contributed by atoms with Crippen molar-refractivity contribution in [3.05, 3.63) is 0 Å². The molecule has 4 heteroatoms. The van der Waals surface area contributed by atoms with E-state index in [1.54, 1.807) is 0 Å². The zero-order valence-corrected chi connectivity index (χ0v) is 8.68. The molecule has 14 heavy (non-hydrogen) atoms. The van der Waals surface area contributed by atoms with Gasteiger partial charge in [-0.2, -0.15) is 0 Å². The molecule has 0 saturated carbocycles. The monoisotopic (exact) mass is 204 g/mol. The van der Waals surface area contributed by atoms with Gasteiger partial charge in [0.1, 0.15) is 0 Å². The van der Waals surface area contributed by atoms with Gasteiger partial charge < -0.3 is 4.90 Å². The maximum atomic E-state index is 13.1. The molecule has 0 amide bonds. The molecule has 2 fully saturated rings. The summed E-state index contributed by atoms with van der Waals surface area (Å²) < 4.78 is 26.2. The highest BCUT2D eigenvalue weighted by molar-refractivity contribution is 4.90. The molecule has 2 aliphatic rings. The van der Waals surface area contributed by atoms with Crippen LogP contribution in [0.25, 0.3) is 0 Å². The Kier molecular flexibility index (Phi) is 2.75. The predicted molar refractivity (Wildman–Crippen MR) is 51.7 cm³/mol. The summed E-state index contributed by atoms with van der Waals surface area (Å²) in [4.78, 5) is 4.32. The van der Waals surface area contributed by atoms with Crippen molar-refractivity contribution in [1.29, 1.82) is 0 Å². The third-order valence-corrected chi connectivity index (χ3v) is 3.41. The molecule has 2 rings (SSSR count).